The van der Waals surface area contributed by atoms with Crippen LogP contribution in [0.2, 0.25) is 0 Å². The summed E-state index contributed by atoms with van der Waals surface area (Å²) < 4.78 is 0. The zero-order valence-electron chi connectivity index (χ0n) is 17.9. The number of nitrogens with zero attached hydrogens (tertiary/aromatic N) is 1. The zero-order valence-corrected chi connectivity index (χ0v) is 18.7. The van der Waals surface area contributed by atoms with Crippen molar-refractivity contribution in [2.45, 2.75) is 58.5 Å². The molecule has 0 aliphatic rings. The second kappa shape index (κ2) is 11.7. The summed E-state index contributed by atoms with van der Waals surface area (Å²) in [7, 11) is 0. The molecule has 0 aliphatic heterocycles. The molecule has 0 radical (unpaired) electrons. The second-order valence-electron chi connectivity index (χ2n) is 7.48. The van der Waals surface area contributed by atoms with Crippen LogP contribution in [0, 0.1) is 6.92 Å². The topological polar surface area (TPSA) is 49.4 Å². The molecular formula is C24H32N2O2S. The Kier molecular flexibility index (Phi) is 9.26. The molecule has 0 spiro atoms. The van der Waals surface area contributed by atoms with Gasteiger partial charge in [-0.1, -0.05) is 67.1 Å². The van der Waals surface area contributed by atoms with Crippen LogP contribution >= 0.6 is 11.8 Å². The fourth-order valence-electron chi connectivity index (χ4n) is 2.85. The quantitative estimate of drug-likeness (QED) is 0.622. The monoisotopic (exact) mass is 412 g/mol. The summed E-state index contributed by atoms with van der Waals surface area (Å²) in [4.78, 5) is 27.4. The van der Waals surface area contributed by atoms with Gasteiger partial charge in [-0.3, -0.25) is 9.59 Å². The lowest BCUT2D eigenvalue weighted by molar-refractivity contribution is -0.138. The van der Waals surface area contributed by atoms with Crippen molar-refractivity contribution in [2.24, 2.45) is 0 Å². The summed E-state index contributed by atoms with van der Waals surface area (Å²) in [6.45, 7) is 8.31. The van der Waals surface area contributed by atoms with Gasteiger partial charge >= 0.3 is 0 Å². The third kappa shape index (κ3) is 7.58. The maximum absolute atomic E-state index is 13.0. The number of amides is 2. The van der Waals surface area contributed by atoms with Crippen molar-refractivity contribution in [1.29, 1.82) is 0 Å². The van der Waals surface area contributed by atoms with E-state index in [1.807, 2.05) is 51.1 Å². The third-order valence-corrected chi connectivity index (χ3v) is 5.97. The van der Waals surface area contributed by atoms with Crippen molar-refractivity contribution in [2.75, 3.05) is 5.75 Å². The molecule has 2 aromatic carbocycles. The summed E-state index contributed by atoms with van der Waals surface area (Å²) in [5, 5.41) is 3.00. The van der Waals surface area contributed by atoms with E-state index in [4.69, 9.17) is 0 Å². The normalized spacial score (nSPS) is 12.8. The van der Waals surface area contributed by atoms with Crippen LogP contribution in [0.25, 0.3) is 0 Å². The lowest BCUT2D eigenvalue weighted by Gasteiger charge is -2.29. The molecule has 0 unspecified atom stereocenters. The van der Waals surface area contributed by atoms with E-state index in [1.165, 1.54) is 11.1 Å². The standard InChI is InChI=1S/C24H32N2O2S/c1-5-19(3)25-24(28)20(4)26(15-21-9-7-6-8-10-21)23(27)17-29-16-22-13-11-18(2)12-14-22/h6-14,19-20H,5,15-17H2,1-4H3,(H,25,28)/t19-,20+/m1/s1. The maximum Gasteiger partial charge on any atom is 0.242 e. The summed E-state index contributed by atoms with van der Waals surface area (Å²) >= 11 is 1.58. The predicted octanol–water partition coefficient (Wildman–Crippen LogP) is 4.56. The van der Waals surface area contributed by atoms with Crippen LogP contribution in [-0.4, -0.2) is 34.6 Å². The SMILES string of the molecule is CC[C@@H](C)NC(=O)[C@H](C)N(Cc1ccccc1)C(=O)CSCc1ccc(C)cc1. The van der Waals surface area contributed by atoms with Gasteiger partial charge in [0.2, 0.25) is 11.8 Å². The molecule has 156 valence electrons. The van der Waals surface area contributed by atoms with Gasteiger partial charge in [-0.15, -0.1) is 11.8 Å². The van der Waals surface area contributed by atoms with E-state index in [0.717, 1.165) is 17.7 Å². The van der Waals surface area contributed by atoms with Gasteiger partial charge in [0.15, 0.2) is 0 Å². The van der Waals surface area contributed by atoms with Gasteiger partial charge in [0, 0.05) is 18.3 Å². The number of hydrogen-bond donors (Lipinski definition) is 1. The Labute approximate surface area is 179 Å². The Morgan fingerprint density at radius 1 is 1.00 bits per heavy atom. The van der Waals surface area contributed by atoms with Crippen LogP contribution in [0.4, 0.5) is 0 Å². The minimum atomic E-state index is -0.517. The van der Waals surface area contributed by atoms with E-state index in [2.05, 4.69) is 36.5 Å². The average molecular weight is 413 g/mol. The largest absolute Gasteiger partial charge is 0.352 e. The zero-order chi connectivity index (χ0) is 21.2. The predicted molar refractivity (Wildman–Crippen MR) is 122 cm³/mol. The van der Waals surface area contributed by atoms with E-state index in [9.17, 15) is 9.59 Å². The van der Waals surface area contributed by atoms with Crippen LogP contribution in [-0.2, 0) is 21.9 Å². The van der Waals surface area contributed by atoms with Gasteiger partial charge in [-0.25, -0.2) is 0 Å². The van der Waals surface area contributed by atoms with Crippen LogP contribution in [0.1, 0.15) is 43.9 Å². The number of benzene rings is 2. The first kappa shape index (κ1) is 23.0. The highest BCUT2D eigenvalue weighted by molar-refractivity contribution is 7.99. The molecule has 5 heteroatoms. The van der Waals surface area contributed by atoms with Crippen molar-refractivity contribution in [3.63, 3.8) is 0 Å². The molecule has 0 heterocycles. The van der Waals surface area contributed by atoms with E-state index in [-0.39, 0.29) is 17.9 Å². The first-order valence-corrected chi connectivity index (χ1v) is 11.3. The lowest BCUT2D eigenvalue weighted by Crippen LogP contribution is -2.50. The molecule has 0 fully saturated rings. The van der Waals surface area contributed by atoms with Gasteiger partial charge < -0.3 is 10.2 Å². The summed E-state index contributed by atoms with van der Waals surface area (Å²) in [6, 6.07) is 17.8. The number of carbonyl (C=O) groups excluding carboxylic acids is 2. The minimum absolute atomic E-state index is 0.0160. The number of hydrogen-bond acceptors (Lipinski definition) is 3. The number of rotatable bonds is 10. The minimum Gasteiger partial charge on any atom is -0.352 e. The van der Waals surface area contributed by atoms with Crippen LogP contribution in [0.5, 0.6) is 0 Å². The van der Waals surface area contributed by atoms with Crippen LogP contribution in [0.3, 0.4) is 0 Å². The van der Waals surface area contributed by atoms with Gasteiger partial charge in [-0.2, -0.15) is 0 Å². The Hall–Kier alpha value is -2.27. The highest BCUT2D eigenvalue weighted by Crippen LogP contribution is 2.16. The summed E-state index contributed by atoms with van der Waals surface area (Å²) in [5.41, 5.74) is 3.45. The van der Waals surface area contributed by atoms with E-state index in [0.29, 0.717) is 12.3 Å². The van der Waals surface area contributed by atoms with E-state index in [1.54, 1.807) is 16.7 Å². The van der Waals surface area contributed by atoms with Gasteiger partial charge in [0.25, 0.3) is 0 Å². The molecule has 0 saturated heterocycles. The molecule has 2 aromatic rings. The molecule has 0 aromatic heterocycles. The average Bonchev–Trinajstić information content (AvgIpc) is 2.73. The van der Waals surface area contributed by atoms with Crippen molar-refractivity contribution in [1.82, 2.24) is 10.2 Å². The highest BCUT2D eigenvalue weighted by atomic mass is 32.2. The van der Waals surface area contributed by atoms with Crippen LogP contribution < -0.4 is 5.32 Å². The second-order valence-corrected chi connectivity index (χ2v) is 8.47. The number of nitrogens with one attached hydrogen (secondary N) is 1. The van der Waals surface area contributed by atoms with Gasteiger partial charge in [0.1, 0.15) is 6.04 Å². The molecule has 2 rings (SSSR count). The van der Waals surface area contributed by atoms with Crippen LogP contribution in [0.15, 0.2) is 54.6 Å². The Morgan fingerprint density at radius 3 is 2.28 bits per heavy atom. The van der Waals surface area contributed by atoms with E-state index < -0.39 is 6.04 Å². The smallest absolute Gasteiger partial charge is 0.242 e. The number of carbonyl (C=O) groups is 2. The lowest BCUT2D eigenvalue weighted by atomic mass is 10.1. The Bertz CT molecular complexity index is 777. The summed E-state index contributed by atoms with van der Waals surface area (Å²) in [5.74, 6) is 1.00. The molecular weight excluding hydrogens is 380 g/mol. The third-order valence-electron chi connectivity index (χ3n) is 4.98. The molecule has 1 N–H and O–H groups in total. The molecule has 4 nitrogen and oxygen atoms in total. The molecule has 29 heavy (non-hydrogen) atoms. The Balaban J connectivity index is 2.03. The van der Waals surface area contributed by atoms with Gasteiger partial charge in [0.05, 0.1) is 5.75 Å². The number of thioether (sulfide) groups is 1. The van der Waals surface area contributed by atoms with Gasteiger partial charge in [-0.05, 0) is 38.3 Å². The molecule has 2 amide bonds. The fourth-order valence-corrected chi connectivity index (χ4v) is 3.72. The Morgan fingerprint density at radius 2 is 1.66 bits per heavy atom. The van der Waals surface area contributed by atoms with Crippen molar-refractivity contribution < 1.29 is 9.59 Å². The highest BCUT2D eigenvalue weighted by Gasteiger charge is 2.26. The fraction of sp³-hybridized carbons (Fsp3) is 0.417. The number of aryl methyl sites for hydroxylation is 1. The van der Waals surface area contributed by atoms with E-state index >= 15 is 0 Å². The molecule has 0 saturated carbocycles. The van der Waals surface area contributed by atoms with Crippen molar-refractivity contribution in [3.8, 4) is 0 Å². The molecule has 2 atom stereocenters. The maximum atomic E-state index is 13.0. The summed E-state index contributed by atoms with van der Waals surface area (Å²) in [6.07, 6.45) is 0.859. The van der Waals surface area contributed by atoms with Crippen molar-refractivity contribution in [3.05, 3.63) is 71.3 Å². The first-order chi connectivity index (χ1) is 13.9. The first-order valence-electron chi connectivity index (χ1n) is 10.2. The van der Waals surface area contributed by atoms with Crippen molar-refractivity contribution >= 4 is 23.6 Å². The molecule has 0 aliphatic carbocycles. The molecule has 0 bridgehead atoms.